The minimum Gasteiger partial charge on any atom is -0.491 e. The molecule has 3 nitrogen and oxygen atoms in total. The third-order valence-electron chi connectivity index (χ3n) is 2.38. The highest BCUT2D eigenvalue weighted by molar-refractivity contribution is 5.81. The molecule has 0 saturated heterocycles. The molecule has 0 spiro atoms. The number of rotatable bonds is 4. The maximum Gasteiger partial charge on any atom is 0.149 e. The van der Waals surface area contributed by atoms with Gasteiger partial charge in [-0.1, -0.05) is 0 Å². The van der Waals surface area contributed by atoms with Crippen molar-refractivity contribution in [2.75, 3.05) is 6.61 Å². The lowest BCUT2D eigenvalue weighted by atomic mass is 10.1. The van der Waals surface area contributed by atoms with Crippen LogP contribution in [0.2, 0.25) is 0 Å². The number of ketones is 1. The molecule has 0 unspecified atom stereocenters. The number of aryl methyl sites for hydroxylation is 1. The summed E-state index contributed by atoms with van der Waals surface area (Å²) in [5, 5.41) is 0. The molecule has 1 aromatic carbocycles. The topological polar surface area (TPSA) is 52.3 Å². The van der Waals surface area contributed by atoms with Crippen LogP contribution in [0.5, 0.6) is 5.75 Å². The van der Waals surface area contributed by atoms with E-state index in [0.29, 0.717) is 11.3 Å². The van der Waals surface area contributed by atoms with Crippen LogP contribution < -0.4 is 10.5 Å². The van der Waals surface area contributed by atoms with Crippen LogP contribution in [-0.4, -0.2) is 18.4 Å². The molecule has 4 heteroatoms. The Morgan fingerprint density at radius 1 is 1.50 bits per heavy atom. The van der Waals surface area contributed by atoms with E-state index in [1.54, 1.807) is 19.9 Å². The van der Waals surface area contributed by atoms with E-state index in [1.807, 2.05) is 0 Å². The second kappa shape index (κ2) is 5.07. The molecule has 0 radical (unpaired) electrons. The van der Waals surface area contributed by atoms with Gasteiger partial charge in [-0.2, -0.15) is 0 Å². The van der Waals surface area contributed by atoms with Gasteiger partial charge in [0.1, 0.15) is 24.0 Å². The molecule has 1 rings (SSSR count). The summed E-state index contributed by atoms with van der Waals surface area (Å²) in [6.07, 6.45) is 0. The van der Waals surface area contributed by atoms with Crippen LogP contribution in [-0.2, 0) is 4.79 Å². The van der Waals surface area contributed by atoms with Crippen molar-refractivity contribution in [2.24, 2.45) is 5.73 Å². The molecule has 2 N–H and O–H groups in total. The van der Waals surface area contributed by atoms with E-state index in [-0.39, 0.29) is 18.2 Å². The number of ether oxygens (including phenoxy) is 1. The number of nitrogens with two attached hydrogens (primary N) is 1. The highest BCUT2D eigenvalue weighted by Gasteiger charge is 2.11. The van der Waals surface area contributed by atoms with Crippen LogP contribution >= 0.6 is 0 Å². The van der Waals surface area contributed by atoms with Gasteiger partial charge in [0.25, 0.3) is 0 Å². The van der Waals surface area contributed by atoms with Crippen molar-refractivity contribution in [3.8, 4) is 5.75 Å². The zero-order valence-corrected chi connectivity index (χ0v) is 9.71. The standard InChI is InChI=1S/C12H16FNO2/c1-7-4-10(13)8(2)12(5-7)16-6-11(14)9(3)15/h4-5,11H,6,14H2,1-3H3/t11-/m0/s1. The Kier molecular flexibility index (Phi) is 4.01. The Labute approximate surface area is 94.4 Å². The number of hydrogen-bond donors (Lipinski definition) is 1. The molecule has 0 aliphatic rings. The van der Waals surface area contributed by atoms with Crippen molar-refractivity contribution in [1.29, 1.82) is 0 Å². The zero-order valence-electron chi connectivity index (χ0n) is 9.71. The number of hydrogen-bond acceptors (Lipinski definition) is 3. The highest BCUT2D eigenvalue weighted by atomic mass is 19.1. The first-order valence-corrected chi connectivity index (χ1v) is 5.07. The molecule has 1 aromatic rings. The van der Waals surface area contributed by atoms with Crippen molar-refractivity contribution in [3.63, 3.8) is 0 Å². The summed E-state index contributed by atoms with van der Waals surface area (Å²) in [6.45, 7) is 4.88. The number of halogens is 1. The van der Waals surface area contributed by atoms with Crippen molar-refractivity contribution >= 4 is 5.78 Å². The van der Waals surface area contributed by atoms with Gasteiger partial charge in [0.15, 0.2) is 0 Å². The van der Waals surface area contributed by atoms with Crippen LogP contribution in [0.1, 0.15) is 18.1 Å². The van der Waals surface area contributed by atoms with Crippen molar-refractivity contribution in [3.05, 3.63) is 29.1 Å². The molecule has 0 aliphatic carbocycles. The lowest BCUT2D eigenvalue weighted by Gasteiger charge is -2.13. The molecular weight excluding hydrogens is 209 g/mol. The fourth-order valence-electron chi connectivity index (χ4n) is 1.23. The Morgan fingerprint density at radius 3 is 2.69 bits per heavy atom. The van der Waals surface area contributed by atoms with E-state index in [1.165, 1.54) is 13.0 Å². The Morgan fingerprint density at radius 2 is 2.12 bits per heavy atom. The largest absolute Gasteiger partial charge is 0.491 e. The van der Waals surface area contributed by atoms with Crippen LogP contribution in [0, 0.1) is 19.7 Å². The minimum absolute atomic E-state index is 0.0685. The van der Waals surface area contributed by atoms with E-state index in [9.17, 15) is 9.18 Å². The number of carbonyl (C=O) groups excluding carboxylic acids is 1. The summed E-state index contributed by atoms with van der Waals surface area (Å²) in [4.78, 5) is 10.9. The normalized spacial score (nSPS) is 12.3. The Bertz CT molecular complexity index is 404. The van der Waals surface area contributed by atoms with E-state index in [4.69, 9.17) is 10.5 Å². The highest BCUT2D eigenvalue weighted by Crippen LogP contribution is 2.22. The van der Waals surface area contributed by atoms with E-state index in [0.717, 1.165) is 5.56 Å². The molecule has 0 aliphatic heterocycles. The van der Waals surface area contributed by atoms with E-state index in [2.05, 4.69) is 0 Å². The van der Waals surface area contributed by atoms with Gasteiger partial charge in [-0.15, -0.1) is 0 Å². The monoisotopic (exact) mass is 225 g/mol. The van der Waals surface area contributed by atoms with Gasteiger partial charge < -0.3 is 10.5 Å². The Hall–Kier alpha value is -1.42. The molecular formula is C12H16FNO2. The maximum atomic E-state index is 13.3. The Balaban J connectivity index is 2.78. The van der Waals surface area contributed by atoms with Crippen LogP contribution in [0.3, 0.4) is 0 Å². The van der Waals surface area contributed by atoms with Crippen molar-refractivity contribution in [1.82, 2.24) is 0 Å². The summed E-state index contributed by atoms with van der Waals surface area (Å²) in [7, 11) is 0. The van der Waals surface area contributed by atoms with Gasteiger partial charge in [-0.25, -0.2) is 4.39 Å². The molecule has 0 aromatic heterocycles. The first-order valence-electron chi connectivity index (χ1n) is 5.07. The molecule has 0 fully saturated rings. The van der Waals surface area contributed by atoms with Gasteiger partial charge in [-0.3, -0.25) is 4.79 Å². The third-order valence-corrected chi connectivity index (χ3v) is 2.38. The first kappa shape index (κ1) is 12.6. The molecule has 88 valence electrons. The fourth-order valence-corrected chi connectivity index (χ4v) is 1.23. The van der Waals surface area contributed by atoms with Crippen molar-refractivity contribution < 1.29 is 13.9 Å². The number of carbonyl (C=O) groups is 1. The minimum atomic E-state index is -0.664. The van der Waals surface area contributed by atoms with Crippen molar-refractivity contribution in [2.45, 2.75) is 26.8 Å². The zero-order chi connectivity index (χ0) is 12.3. The molecule has 0 heterocycles. The number of Topliss-reactive ketones (excluding diaryl/α,β-unsaturated/α-hetero) is 1. The summed E-state index contributed by atoms with van der Waals surface area (Å²) < 4.78 is 18.7. The van der Waals surface area contributed by atoms with Gasteiger partial charge in [0.2, 0.25) is 0 Å². The van der Waals surface area contributed by atoms with Crippen LogP contribution in [0.4, 0.5) is 4.39 Å². The van der Waals surface area contributed by atoms with Crippen LogP contribution in [0.25, 0.3) is 0 Å². The fraction of sp³-hybridized carbons (Fsp3) is 0.417. The predicted molar refractivity (Wildman–Crippen MR) is 60.0 cm³/mol. The summed E-state index contributed by atoms with van der Waals surface area (Å²) in [6, 6.07) is 2.50. The first-order chi connectivity index (χ1) is 7.41. The molecule has 0 saturated carbocycles. The lowest BCUT2D eigenvalue weighted by Crippen LogP contribution is -2.34. The van der Waals surface area contributed by atoms with Gasteiger partial charge in [0, 0.05) is 5.56 Å². The average molecular weight is 225 g/mol. The summed E-state index contributed by atoms with van der Waals surface area (Å²) in [5.74, 6) is -0.0219. The summed E-state index contributed by atoms with van der Waals surface area (Å²) in [5.41, 5.74) is 6.73. The quantitative estimate of drug-likeness (QED) is 0.849. The third kappa shape index (κ3) is 3.03. The van der Waals surface area contributed by atoms with Gasteiger partial charge in [-0.05, 0) is 38.5 Å². The molecule has 0 amide bonds. The summed E-state index contributed by atoms with van der Waals surface area (Å²) >= 11 is 0. The maximum absolute atomic E-state index is 13.3. The average Bonchev–Trinajstić information content (AvgIpc) is 2.20. The van der Waals surface area contributed by atoms with E-state index < -0.39 is 6.04 Å². The SMILES string of the molecule is CC(=O)[C@@H](N)COc1cc(C)cc(F)c1C. The van der Waals surface area contributed by atoms with Crippen LogP contribution in [0.15, 0.2) is 12.1 Å². The lowest BCUT2D eigenvalue weighted by molar-refractivity contribution is -0.118. The molecule has 1 atom stereocenters. The second-order valence-corrected chi connectivity index (χ2v) is 3.90. The molecule has 16 heavy (non-hydrogen) atoms. The van der Waals surface area contributed by atoms with Gasteiger partial charge >= 0.3 is 0 Å². The van der Waals surface area contributed by atoms with E-state index >= 15 is 0 Å². The van der Waals surface area contributed by atoms with Gasteiger partial charge in [0.05, 0.1) is 6.04 Å². The second-order valence-electron chi connectivity index (χ2n) is 3.90. The number of benzene rings is 1. The molecule has 0 bridgehead atoms. The predicted octanol–water partition coefficient (Wildman–Crippen LogP) is 1.74. The smallest absolute Gasteiger partial charge is 0.149 e.